The number of ether oxygens (including phenoxy) is 1. The van der Waals surface area contributed by atoms with Crippen molar-refractivity contribution < 1.29 is 26.3 Å². The number of benzene rings is 2. The Balaban J connectivity index is 2.45. The van der Waals surface area contributed by atoms with E-state index in [1.807, 2.05) is 0 Å². The van der Waals surface area contributed by atoms with Crippen LogP contribution in [0.25, 0.3) is 0 Å². The predicted molar refractivity (Wildman–Crippen MR) is 80.6 cm³/mol. The molecule has 0 heterocycles. The summed E-state index contributed by atoms with van der Waals surface area (Å²) in [4.78, 5) is -0.706. The van der Waals surface area contributed by atoms with Crippen LogP contribution in [0.3, 0.4) is 0 Å². The molecule has 3 nitrogen and oxygen atoms in total. The molecule has 0 fully saturated rings. The van der Waals surface area contributed by atoms with Gasteiger partial charge >= 0.3 is 5.76 Å². The quantitative estimate of drug-likeness (QED) is 0.737. The average Bonchev–Trinajstić information content (AvgIpc) is 2.42. The highest BCUT2D eigenvalue weighted by molar-refractivity contribution is 7.91. The van der Waals surface area contributed by atoms with E-state index >= 15 is 0 Å². The lowest BCUT2D eigenvalue weighted by Crippen LogP contribution is -2.13. The maximum atomic E-state index is 13.2. The van der Waals surface area contributed by atoms with Crippen LogP contribution in [0.2, 0.25) is 10.0 Å². The van der Waals surface area contributed by atoms with Gasteiger partial charge in [-0.05, 0) is 36.8 Å². The van der Waals surface area contributed by atoms with Gasteiger partial charge in [0.1, 0.15) is 17.3 Å². The van der Waals surface area contributed by atoms with Gasteiger partial charge in [-0.1, -0.05) is 23.2 Å². The van der Waals surface area contributed by atoms with E-state index in [0.717, 1.165) is 24.3 Å². The van der Waals surface area contributed by atoms with Gasteiger partial charge < -0.3 is 4.74 Å². The van der Waals surface area contributed by atoms with Crippen molar-refractivity contribution in [3.63, 3.8) is 0 Å². The number of rotatable bonds is 4. The van der Waals surface area contributed by atoms with Crippen LogP contribution < -0.4 is 4.74 Å². The highest BCUT2D eigenvalue weighted by atomic mass is 35.5. The van der Waals surface area contributed by atoms with Crippen LogP contribution in [0.5, 0.6) is 11.5 Å². The Kier molecular flexibility index (Phi) is 5.13. The zero-order valence-corrected chi connectivity index (χ0v) is 13.5. The van der Waals surface area contributed by atoms with Crippen LogP contribution >= 0.6 is 23.2 Å². The van der Waals surface area contributed by atoms with Crippen LogP contribution in [0.1, 0.15) is 5.56 Å². The molecule has 0 aliphatic rings. The van der Waals surface area contributed by atoms with Gasteiger partial charge in [0.15, 0.2) is 0 Å². The second-order valence-electron chi connectivity index (χ2n) is 4.37. The summed E-state index contributed by atoms with van der Waals surface area (Å²) in [5.41, 5.74) is -0.341. The summed E-state index contributed by atoms with van der Waals surface area (Å²) in [6.45, 7) is 3.38. The minimum atomic E-state index is -4.85. The molecule has 23 heavy (non-hydrogen) atoms. The summed E-state index contributed by atoms with van der Waals surface area (Å²) >= 11 is 11.6. The molecule has 123 valence electrons. The Labute approximate surface area is 140 Å². The number of sulfone groups is 1. The first kappa shape index (κ1) is 17.9. The Morgan fingerprint density at radius 1 is 1.13 bits per heavy atom. The first-order chi connectivity index (χ1) is 10.6. The third-order valence-electron chi connectivity index (χ3n) is 2.77. The Hall–Kier alpha value is -1.44. The van der Waals surface area contributed by atoms with Crippen molar-refractivity contribution in [2.24, 2.45) is 0 Å². The van der Waals surface area contributed by atoms with E-state index in [1.54, 1.807) is 0 Å². The van der Waals surface area contributed by atoms with Crippen molar-refractivity contribution in [1.82, 2.24) is 0 Å². The first-order valence-corrected chi connectivity index (χ1v) is 8.23. The van der Waals surface area contributed by atoms with Crippen molar-refractivity contribution in [1.29, 1.82) is 0 Å². The third-order valence-corrected chi connectivity index (χ3v) is 4.87. The molecule has 0 aliphatic heterocycles. The fourth-order valence-corrected chi connectivity index (χ4v) is 3.10. The first-order valence-electron chi connectivity index (χ1n) is 5.93. The maximum absolute atomic E-state index is 13.2. The van der Waals surface area contributed by atoms with Crippen molar-refractivity contribution in [3.05, 3.63) is 58.7 Å². The van der Waals surface area contributed by atoms with E-state index in [-0.39, 0.29) is 27.1 Å². The SMILES string of the molecule is [CH2]c1c(S(=O)(=O)C(F)F)ccc(Oc2cc(F)cc(Cl)c2)c1Cl. The van der Waals surface area contributed by atoms with Crippen LogP contribution in [-0.2, 0) is 9.84 Å². The third kappa shape index (κ3) is 3.73. The van der Waals surface area contributed by atoms with E-state index in [0.29, 0.717) is 0 Å². The Morgan fingerprint density at radius 2 is 1.78 bits per heavy atom. The molecule has 2 aromatic rings. The summed E-state index contributed by atoms with van der Waals surface area (Å²) < 4.78 is 66.8. The molecular weight excluding hydrogens is 376 g/mol. The molecule has 0 spiro atoms. The van der Waals surface area contributed by atoms with E-state index < -0.39 is 26.3 Å². The molecule has 2 rings (SSSR count). The second kappa shape index (κ2) is 6.59. The molecule has 0 N–H and O–H groups in total. The van der Waals surface area contributed by atoms with Crippen molar-refractivity contribution in [2.75, 3.05) is 0 Å². The van der Waals surface area contributed by atoms with Gasteiger partial charge in [-0.2, -0.15) is 8.78 Å². The van der Waals surface area contributed by atoms with E-state index in [1.165, 1.54) is 6.07 Å². The van der Waals surface area contributed by atoms with Gasteiger partial charge in [-0.25, -0.2) is 12.8 Å². The van der Waals surface area contributed by atoms with E-state index in [2.05, 4.69) is 6.92 Å². The van der Waals surface area contributed by atoms with Gasteiger partial charge in [0, 0.05) is 11.1 Å². The lowest BCUT2D eigenvalue weighted by Gasteiger charge is -2.13. The van der Waals surface area contributed by atoms with Crippen LogP contribution in [0.15, 0.2) is 35.2 Å². The van der Waals surface area contributed by atoms with Gasteiger partial charge in [0.2, 0.25) is 9.84 Å². The van der Waals surface area contributed by atoms with Gasteiger partial charge in [0.05, 0.1) is 9.92 Å². The molecule has 9 heteroatoms. The van der Waals surface area contributed by atoms with Gasteiger partial charge in [0.25, 0.3) is 0 Å². The van der Waals surface area contributed by atoms with Crippen molar-refractivity contribution in [2.45, 2.75) is 10.7 Å². The van der Waals surface area contributed by atoms with E-state index in [9.17, 15) is 21.6 Å². The molecule has 0 saturated heterocycles. The predicted octanol–water partition coefficient (Wildman–Crippen LogP) is 5.10. The van der Waals surface area contributed by atoms with Crippen molar-refractivity contribution >= 4 is 33.0 Å². The molecule has 1 radical (unpaired) electrons. The Morgan fingerprint density at radius 3 is 2.35 bits per heavy atom. The van der Waals surface area contributed by atoms with E-state index in [4.69, 9.17) is 27.9 Å². The number of hydrogen-bond donors (Lipinski definition) is 0. The average molecular weight is 384 g/mol. The summed E-state index contributed by atoms with van der Waals surface area (Å²) in [7, 11) is -4.85. The summed E-state index contributed by atoms with van der Waals surface area (Å²) in [6.07, 6.45) is 0. The standard InChI is InChI=1S/C14H8Cl2F3O3S/c1-7-12(23(20,21)14(18)19)3-2-11(13(7)16)22-10-5-8(15)4-9(17)6-10/h2-6,14H,1H2. The fourth-order valence-electron chi connectivity index (χ4n) is 1.74. The van der Waals surface area contributed by atoms with Crippen LogP contribution in [0.4, 0.5) is 13.2 Å². The smallest absolute Gasteiger partial charge is 0.341 e. The topological polar surface area (TPSA) is 43.4 Å². The molecular formula is C14H8Cl2F3O3S. The van der Waals surface area contributed by atoms with Crippen LogP contribution in [0, 0.1) is 12.7 Å². The van der Waals surface area contributed by atoms with Gasteiger partial charge in [-0.3, -0.25) is 0 Å². The minimum absolute atomic E-state index is 0.000710. The second-order valence-corrected chi connectivity index (χ2v) is 7.07. The molecule has 0 aliphatic carbocycles. The lowest BCUT2D eigenvalue weighted by atomic mass is 10.2. The zero-order chi connectivity index (χ0) is 17.4. The molecule has 0 atom stereocenters. The normalized spacial score (nSPS) is 11.8. The van der Waals surface area contributed by atoms with Crippen LogP contribution in [-0.4, -0.2) is 14.2 Å². The number of hydrogen-bond acceptors (Lipinski definition) is 3. The summed E-state index contributed by atoms with van der Waals surface area (Å²) in [5.74, 6) is -4.34. The zero-order valence-electron chi connectivity index (χ0n) is 11.2. The van der Waals surface area contributed by atoms with Gasteiger partial charge in [-0.15, -0.1) is 0 Å². The molecule has 0 saturated carbocycles. The molecule has 0 unspecified atom stereocenters. The Bertz CT molecular complexity index is 834. The summed E-state index contributed by atoms with van der Waals surface area (Å²) in [5, 5.41) is -0.213. The molecule has 2 aromatic carbocycles. The number of halogens is 5. The lowest BCUT2D eigenvalue weighted by molar-refractivity contribution is 0.234. The molecule has 0 bridgehead atoms. The fraction of sp³-hybridized carbons (Fsp3) is 0.0714. The highest BCUT2D eigenvalue weighted by Crippen LogP contribution is 2.37. The monoisotopic (exact) mass is 383 g/mol. The molecule has 0 aromatic heterocycles. The maximum Gasteiger partial charge on any atom is 0.341 e. The number of alkyl halides is 2. The van der Waals surface area contributed by atoms with Crippen molar-refractivity contribution in [3.8, 4) is 11.5 Å². The largest absolute Gasteiger partial charge is 0.456 e. The summed E-state index contributed by atoms with van der Waals surface area (Å²) in [6, 6.07) is 5.35. The minimum Gasteiger partial charge on any atom is -0.456 e. The highest BCUT2D eigenvalue weighted by Gasteiger charge is 2.29. The molecule has 0 amide bonds.